The number of ether oxygens (including phenoxy) is 1. The van der Waals surface area contributed by atoms with E-state index in [-0.39, 0.29) is 11.0 Å². The Morgan fingerprint density at radius 1 is 1.10 bits per heavy atom. The monoisotopic (exact) mass is 415 g/mol. The van der Waals surface area contributed by atoms with Gasteiger partial charge in [0.05, 0.1) is 11.0 Å². The average molecular weight is 416 g/mol. The average Bonchev–Trinajstić information content (AvgIpc) is 3.26. The summed E-state index contributed by atoms with van der Waals surface area (Å²) in [6.45, 7) is 13.5. The molecule has 162 valence electrons. The Labute approximate surface area is 184 Å². The molecule has 0 spiro atoms. The normalized spacial score (nSPS) is 30.6. The molecule has 1 aromatic heterocycles. The van der Waals surface area contributed by atoms with Crippen molar-refractivity contribution in [3.63, 3.8) is 0 Å². The molecule has 0 amide bonds. The fourth-order valence-corrected chi connectivity index (χ4v) is 7.05. The van der Waals surface area contributed by atoms with Gasteiger partial charge >= 0.3 is 0 Å². The highest BCUT2D eigenvalue weighted by Crippen LogP contribution is 2.75. The highest BCUT2D eigenvalue weighted by Gasteiger charge is 2.68. The molecule has 6 rings (SSSR count). The van der Waals surface area contributed by atoms with Gasteiger partial charge in [-0.05, 0) is 93.2 Å². The van der Waals surface area contributed by atoms with Gasteiger partial charge in [0.25, 0.3) is 0 Å². The molecule has 3 aromatic rings. The van der Waals surface area contributed by atoms with Crippen molar-refractivity contribution in [3.05, 3.63) is 41.0 Å². The zero-order valence-electron chi connectivity index (χ0n) is 19.5. The van der Waals surface area contributed by atoms with Crippen LogP contribution in [0.15, 0.2) is 24.3 Å². The third kappa shape index (κ3) is 2.35. The van der Waals surface area contributed by atoms with Gasteiger partial charge in [-0.3, -0.25) is 0 Å². The Morgan fingerprint density at radius 2 is 1.87 bits per heavy atom. The first-order valence-electron chi connectivity index (χ1n) is 11.8. The summed E-state index contributed by atoms with van der Waals surface area (Å²) in [5.74, 6) is 2.75. The number of hydrogen-bond acceptors (Lipinski definition) is 2. The fraction of sp³-hybridized carbons (Fsp3) is 0.500. The van der Waals surface area contributed by atoms with Crippen molar-refractivity contribution in [1.29, 1.82) is 0 Å². The van der Waals surface area contributed by atoms with Crippen molar-refractivity contribution in [1.82, 2.24) is 4.98 Å². The third-order valence-electron chi connectivity index (χ3n) is 8.96. The Balaban J connectivity index is 1.62. The lowest BCUT2D eigenvalue weighted by Gasteiger charge is -2.29. The van der Waals surface area contributed by atoms with E-state index in [9.17, 15) is 5.11 Å². The minimum atomic E-state index is -0.301. The van der Waals surface area contributed by atoms with E-state index in [0.29, 0.717) is 23.0 Å². The van der Waals surface area contributed by atoms with Crippen LogP contribution in [0.25, 0.3) is 27.9 Å². The Bertz CT molecular complexity index is 1290. The van der Waals surface area contributed by atoms with Gasteiger partial charge in [0.2, 0.25) is 0 Å². The number of rotatable bonds is 2. The maximum Gasteiger partial charge on any atom is 0.132 e. The van der Waals surface area contributed by atoms with Crippen LogP contribution >= 0.6 is 0 Å². The molecule has 2 saturated carbocycles. The Morgan fingerprint density at radius 3 is 2.55 bits per heavy atom. The SMILES string of the molecule is Cc1cc2c([nH]c3c([C@]4(C)CC[C@@]5(C(C)C)C[C@H]54)c(O)ccc32)c2c1OC(C)(C)C=C2. The van der Waals surface area contributed by atoms with Gasteiger partial charge in [-0.1, -0.05) is 20.8 Å². The summed E-state index contributed by atoms with van der Waals surface area (Å²) in [5, 5.41) is 13.5. The maximum absolute atomic E-state index is 11.1. The molecule has 31 heavy (non-hydrogen) atoms. The number of aromatic hydroxyl groups is 1. The molecule has 2 N–H and O–H groups in total. The van der Waals surface area contributed by atoms with Crippen LogP contribution in [0.3, 0.4) is 0 Å². The van der Waals surface area contributed by atoms with Gasteiger partial charge in [0.15, 0.2) is 0 Å². The molecule has 2 aromatic carbocycles. The molecule has 0 bridgehead atoms. The number of H-pyrrole nitrogens is 1. The molecule has 3 heteroatoms. The molecule has 3 aliphatic rings. The van der Waals surface area contributed by atoms with Crippen molar-refractivity contribution < 1.29 is 9.84 Å². The number of hydrogen-bond donors (Lipinski definition) is 2. The van der Waals surface area contributed by atoms with E-state index in [1.54, 1.807) is 0 Å². The van der Waals surface area contributed by atoms with Crippen LogP contribution in [-0.2, 0) is 5.41 Å². The van der Waals surface area contributed by atoms with E-state index < -0.39 is 0 Å². The van der Waals surface area contributed by atoms with Crippen LogP contribution in [-0.4, -0.2) is 15.7 Å². The predicted molar refractivity (Wildman–Crippen MR) is 128 cm³/mol. The molecule has 3 nitrogen and oxygen atoms in total. The smallest absolute Gasteiger partial charge is 0.132 e. The number of nitrogens with one attached hydrogen (secondary N) is 1. The molecular weight excluding hydrogens is 382 g/mol. The van der Waals surface area contributed by atoms with Crippen molar-refractivity contribution in [2.24, 2.45) is 17.3 Å². The van der Waals surface area contributed by atoms with E-state index in [0.717, 1.165) is 39.9 Å². The largest absolute Gasteiger partial charge is 0.508 e. The van der Waals surface area contributed by atoms with E-state index in [4.69, 9.17) is 4.74 Å². The zero-order valence-corrected chi connectivity index (χ0v) is 19.5. The molecule has 2 aliphatic carbocycles. The van der Waals surface area contributed by atoms with Gasteiger partial charge in [0.1, 0.15) is 17.1 Å². The predicted octanol–water partition coefficient (Wildman–Crippen LogP) is 7.23. The molecule has 0 saturated heterocycles. The second-order valence-corrected chi connectivity index (χ2v) is 11.5. The molecule has 2 heterocycles. The van der Waals surface area contributed by atoms with Crippen LogP contribution < -0.4 is 4.74 Å². The fourth-order valence-electron chi connectivity index (χ4n) is 7.05. The van der Waals surface area contributed by atoms with E-state index in [1.807, 2.05) is 6.07 Å². The summed E-state index contributed by atoms with van der Waals surface area (Å²) in [7, 11) is 0. The lowest BCUT2D eigenvalue weighted by atomic mass is 9.76. The number of benzene rings is 2. The topological polar surface area (TPSA) is 45.2 Å². The summed E-state index contributed by atoms with van der Waals surface area (Å²) < 4.78 is 6.33. The number of phenols is 1. The molecule has 3 atom stereocenters. The molecule has 0 radical (unpaired) electrons. The quantitative estimate of drug-likeness (QED) is 0.463. The van der Waals surface area contributed by atoms with Crippen LogP contribution in [0, 0.1) is 24.2 Å². The van der Waals surface area contributed by atoms with Gasteiger partial charge in [-0.25, -0.2) is 0 Å². The molecule has 2 fully saturated rings. The summed E-state index contributed by atoms with van der Waals surface area (Å²) >= 11 is 0. The highest BCUT2D eigenvalue weighted by molar-refractivity contribution is 6.12. The van der Waals surface area contributed by atoms with E-state index in [1.165, 1.54) is 23.6 Å². The summed E-state index contributed by atoms with van der Waals surface area (Å²) in [6, 6.07) is 6.24. The summed E-state index contributed by atoms with van der Waals surface area (Å²) in [6.07, 6.45) is 8.04. The number of aryl methyl sites for hydroxylation is 1. The van der Waals surface area contributed by atoms with Crippen molar-refractivity contribution >= 4 is 27.9 Å². The summed E-state index contributed by atoms with van der Waals surface area (Å²) in [4.78, 5) is 3.76. The molecular formula is C28H33NO2. The third-order valence-corrected chi connectivity index (χ3v) is 8.96. The van der Waals surface area contributed by atoms with Crippen LogP contribution in [0.1, 0.15) is 70.6 Å². The minimum Gasteiger partial charge on any atom is -0.508 e. The maximum atomic E-state index is 11.1. The standard InChI is InChI=1S/C28H33NO2/c1-15(2)28-12-11-27(6,21(28)14-28)22-20(30)8-7-17-19-13-16(3)25-18(23(19)29-24(17)22)9-10-26(4,5)31-25/h7-10,13,15,21,29-30H,11-12,14H2,1-6H3/t21-,27+,28-/m0/s1. The first-order valence-corrected chi connectivity index (χ1v) is 11.8. The number of aromatic nitrogens is 1. The lowest BCUT2D eigenvalue weighted by Crippen LogP contribution is -2.28. The minimum absolute atomic E-state index is 0.0121. The molecule has 1 aliphatic heterocycles. The lowest BCUT2D eigenvalue weighted by molar-refractivity contribution is 0.158. The van der Waals surface area contributed by atoms with Crippen LogP contribution in [0.2, 0.25) is 0 Å². The van der Waals surface area contributed by atoms with Crippen molar-refractivity contribution in [2.45, 2.75) is 71.8 Å². The highest BCUT2D eigenvalue weighted by atomic mass is 16.5. The van der Waals surface area contributed by atoms with Gasteiger partial charge in [0, 0.05) is 27.3 Å². The second-order valence-electron chi connectivity index (χ2n) is 11.5. The molecule has 0 unspecified atom stereocenters. The Kier molecular flexibility index (Phi) is 3.53. The van der Waals surface area contributed by atoms with Gasteiger partial charge < -0.3 is 14.8 Å². The number of aromatic amines is 1. The van der Waals surface area contributed by atoms with Crippen molar-refractivity contribution in [2.75, 3.05) is 0 Å². The van der Waals surface area contributed by atoms with E-state index in [2.05, 4.69) is 70.8 Å². The second kappa shape index (κ2) is 5.68. The first-order chi connectivity index (χ1) is 14.6. The Hall–Kier alpha value is -2.42. The first kappa shape index (κ1) is 19.3. The van der Waals surface area contributed by atoms with Gasteiger partial charge in [-0.2, -0.15) is 0 Å². The van der Waals surface area contributed by atoms with Crippen molar-refractivity contribution in [3.8, 4) is 11.5 Å². The number of fused-ring (bicyclic) bond motifs is 6. The van der Waals surface area contributed by atoms with Crippen LogP contribution in [0.5, 0.6) is 11.5 Å². The zero-order chi connectivity index (χ0) is 21.9. The number of phenolic OH excluding ortho intramolecular Hbond substituents is 1. The summed E-state index contributed by atoms with van der Waals surface area (Å²) in [5.41, 5.74) is 5.80. The van der Waals surface area contributed by atoms with E-state index >= 15 is 0 Å². The van der Waals surface area contributed by atoms with Crippen LogP contribution in [0.4, 0.5) is 0 Å². The van der Waals surface area contributed by atoms with Gasteiger partial charge in [-0.15, -0.1) is 0 Å².